The number of fused-ring (bicyclic) bond motifs is 1. The molecule has 2 aromatic rings. The van der Waals surface area contributed by atoms with Crippen molar-refractivity contribution in [3.8, 4) is 5.88 Å². The van der Waals surface area contributed by atoms with E-state index in [1.165, 1.54) is 6.20 Å². The molecule has 2 aromatic heterocycles. The fraction of sp³-hybridized carbons (Fsp3) is 0.655. The Kier molecular flexibility index (Phi) is 7.72. The van der Waals surface area contributed by atoms with Gasteiger partial charge in [-0.25, -0.2) is 9.78 Å². The Bertz CT molecular complexity index is 1210. The lowest BCUT2D eigenvalue weighted by Crippen LogP contribution is -2.34. The second kappa shape index (κ2) is 11.5. The molecule has 10 nitrogen and oxygen atoms in total. The number of oxazole rings is 1. The average molecular weight is 539 g/mol. The van der Waals surface area contributed by atoms with Crippen molar-refractivity contribution in [2.24, 2.45) is 17.8 Å². The number of aromatic nitrogens is 2. The normalized spacial score (nSPS) is 23.9. The molecule has 0 radical (unpaired) electrons. The van der Waals surface area contributed by atoms with Gasteiger partial charge in [-0.3, -0.25) is 14.6 Å². The topological polar surface area (TPSA) is 118 Å². The molecule has 10 heteroatoms. The standard InChI is InChI=1S/C29H38N4O6/c34-27(4-3-24-15-30-29(36)39-24)33-16-21-5-9-32(10-6-22(21)17-33)28(35)23-13-25(20-1-2-20)31-26(14-23)38-18-19-7-11-37-12-8-19/h13-15,19-22H,1-12,16-18H2,(H,30,36)/t21-,22+. The highest BCUT2D eigenvalue weighted by molar-refractivity contribution is 5.94. The number of carbonyl (C=O) groups excluding carboxylic acids is 2. The first kappa shape index (κ1) is 26.1. The quantitative estimate of drug-likeness (QED) is 0.549. The van der Waals surface area contributed by atoms with Crippen LogP contribution in [0.3, 0.4) is 0 Å². The highest BCUT2D eigenvalue weighted by atomic mass is 16.5. The van der Waals surface area contributed by atoms with Gasteiger partial charge in [-0.1, -0.05) is 0 Å². The summed E-state index contributed by atoms with van der Waals surface area (Å²) in [5.41, 5.74) is 1.65. The van der Waals surface area contributed by atoms with Crippen LogP contribution in [-0.4, -0.2) is 77.6 Å². The van der Waals surface area contributed by atoms with E-state index in [2.05, 4.69) is 4.98 Å². The lowest BCUT2D eigenvalue weighted by molar-refractivity contribution is -0.130. The lowest BCUT2D eigenvalue weighted by Gasteiger charge is -2.24. The fourth-order valence-electron chi connectivity index (χ4n) is 6.19. The average Bonchev–Trinajstić information content (AvgIpc) is 3.66. The molecule has 39 heavy (non-hydrogen) atoms. The predicted molar refractivity (Wildman–Crippen MR) is 142 cm³/mol. The molecule has 4 fully saturated rings. The Labute approximate surface area is 228 Å². The van der Waals surface area contributed by atoms with Crippen LogP contribution in [0.1, 0.15) is 72.7 Å². The van der Waals surface area contributed by atoms with E-state index < -0.39 is 5.76 Å². The molecule has 4 aliphatic rings. The zero-order valence-corrected chi connectivity index (χ0v) is 22.4. The smallest absolute Gasteiger partial charge is 0.416 e. The first-order valence-electron chi connectivity index (χ1n) is 14.5. The molecule has 2 amide bonds. The van der Waals surface area contributed by atoms with E-state index in [0.29, 0.717) is 73.4 Å². The Morgan fingerprint density at radius 1 is 1.00 bits per heavy atom. The molecule has 5 heterocycles. The molecule has 0 aromatic carbocycles. The molecule has 210 valence electrons. The third-order valence-electron chi connectivity index (χ3n) is 8.79. The van der Waals surface area contributed by atoms with Crippen molar-refractivity contribution in [2.45, 2.75) is 57.3 Å². The van der Waals surface area contributed by atoms with Crippen molar-refractivity contribution < 1.29 is 23.5 Å². The van der Waals surface area contributed by atoms with Gasteiger partial charge in [-0.15, -0.1) is 0 Å². The van der Waals surface area contributed by atoms with Crippen LogP contribution < -0.4 is 10.5 Å². The number of aryl methyl sites for hydroxylation is 1. The minimum absolute atomic E-state index is 0.0520. The number of hydrogen-bond donors (Lipinski definition) is 1. The summed E-state index contributed by atoms with van der Waals surface area (Å²) in [6.45, 7) is 5.01. The van der Waals surface area contributed by atoms with Crippen molar-refractivity contribution in [1.82, 2.24) is 19.8 Å². The summed E-state index contributed by atoms with van der Waals surface area (Å²) in [4.78, 5) is 48.8. The summed E-state index contributed by atoms with van der Waals surface area (Å²) in [5.74, 6) is 2.43. The number of rotatable bonds is 8. The molecule has 0 spiro atoms. The molecule has 3 aliphatic heterocycles. The molecule has 0 unspecified atom stereocenters. The second-order valence-corrected chi connectivity index (χ2v) is 11.6. The number of aromatic amines is 1. The maximum atomic E-state index is 13.6. The predicted octanol–water partition coefficient (Wildman–Crippen LogP) is 2.99. The molecular formula is C29H38N4O6. The van der Waals surface area contributed by atoms with Crippen LogP contribution in [-0.2, 0) is 16.0 Å². The van der Waals surface area contributed by atoms with Crippen molar-refractivity contribution in [3.63, 3.8) is 0 Å². The number of amides is 2. The molecule has 0 bridgehead atoms. The van der Waals surface area contributed by atoms with Gasteiger partial charge in [0.2, 0.25) is 11.8 Å². The van der Waals surface area contributed by atoms with Gasteiger partial charge in [-0.05, 0) is 62.3 Å². The minimum atomic E-state index is -0.491. The van der Waals surface area contributed by atoms with Crippen LogP contribution in [0.15, 0.2) is 27.5 Å². The molecule has 2 atom stereocenters. The largest absolute Gasteiger partial charge is 0.477 e. The molecule has 3 saturated heterocycles. The van der Waals surface area contributed by atoms with E-state index in [9.17, 15) is 14.4 Å². The summed E-state index contributed by atoms with van der Waals surface area (Å²) in [6, 6.07) is 3.80. The summed E-state index contributed by atoms with van der Waals surface area (Å²) in [5, 5.41) is 0. The van der Waals surface area contributed by atoms with Gasteiger partial charge in [-0.2, -0.15) is 0 Å². The van der Waals surface area contributed by atoms with Crippen LogP contribution in [0, 0.1) is 17.8 Å². The van der Waals surface area contributed by atoms with Crippen LogP contribution in [0.4, 0.5) is 0 Å². The van der Waals surface area contributed by atoms with E-state index in [1.54, 1.807) is 0 Å². The molecule has 1 N–H and O–H groups in total. The Balaban J connectivity index is 1.04. The van der Waals surface area contributed by atoms with Crippen molar-refractivity contribution in [3.05, 3.63) is 45.9 Å². The maximum absolute atomic E-state index is 13.6. The van der Waals surface area contributed by atoms with E-state index >= 15 is 0 Å². The number of pyridine rings is 1. The monoisotopic (exact) mass is 538 g/mol. The van der Waals surface area contributed by atoms with Crippen LogP contribution in [0.5, 0.6) is 5.88 Å². The third kappa shape index (κ3) is 6.37. The molecule has 6 rings (SSSR count). The van der Waals surface area contributed by atoms with Gasteiger partial charge in [0.1, 0.15) is 5.76 Å². The van der Waals surface area contributed by atoms with Crippen molar-refractivity contribution in [2.75, 3.05) is 46.0 Å². The number of carbonyl (C=O) groups is 2. The van der Waals surface area contributed by atoms with Crippen LogP contribution in [0.2, 0.25) is 0 Å². The number of likely N-dealkylation sites (tertiary alicyclic amines) is 2. The van der Waals surface area contributed by atoms with Gasteiger partial charge in [0, 0.05) is 81.7 Å². The summed E-state index contributed by atoms with van der Waals surface area (Å²) in [6.07, 6.45) is 8.28. The maximum Gasteiger partial charge on any atom is 0.416 e. The zero-order valence-electron chi connectivity index (χ0n) is 22.4. The highest BCUT2D eigenvalue weighted by Gasteiger charge is 2.38. The third-order valence-corrected chi connectivity index (χ3v) is 8.79. The minimum Gasteiger partial charge on any atom is -0.477 e. The first-order chi connectivity index (χ1) is 19.0. The number of H-pyrrole nitrogens is 1. The SMILES string of the molecule is O=C(CCc1c[nH]c(=O)o1)N1C[C@H]2CCN(C(=O)c3cc(OCC4CCOCC4)nc(C4CC4)c3)CC[C@H]2C1. The molecule has 1 aliphatic carbocycles. The first-order valence-corrected chi connectivity index (χ1v) is 14.5. The number of nitrogens with zero attached hydrogens (tertiary/aromatic N) is 3. The van der Waals surface area contributed by atoms with Gasteiger partial charge < -0.3 is 23.7 Å². The van der Waals surface area contributed by atoms with Crippen molar-refractivity contribution in [1.29, 1.82) is 0 Å². The van der Waals surface area contributed by atoms with Gasteiger partial charge in [0.05, 0.1) is 6.61 Å². The van der Waals surface area contributed by atoms with Gasteiger partial charge >= 0.3 is 5.76 Å². The van der Waals surface area contributed by atoms with E-state index in [-0.39, 0.29) is 11.8 Å². The summed E-state index contributed by atoms with van der Waals surface area (Å²) >= 11 is 0. The van der Waals surface area contributed by atoms with E-state index in [0.717, 1.165) is 70.5 Å². The van der Waals surface area contributed by atoms with Gasteiger partial charge in [0.15, 0.2) is 0 Å². The van der Waals surface area contributed by atoms with Crippen LogP contribution in [0.25, 0.3) is 0 Å². The highest BCUT2D eigenvalue weighted by Crippen LogP contribution is 2.40. The van der Waals surface area contributed by atoms with Crippen molar-refractivity contribution >= 4 is 11.8 Å². The number of hydrogen-bond acceptors (Lipinski definition) is 7. The number of nitrogens with one attached hydrogen (secondary N) is 1. The number of ether oxygens (including phenoxy) is 2. The summed E-state index contributed by atoms with van der Waals surface area (Å²) in [7, 11) is 0. The fourth-order valence-corrected chi connectivity index (χ4v) is 6.19. The second-order valence-electron chi connectivity index (χ2n) is 11.6. The van der Waals surface area contributed by atoms with Crippen LogP contribution >= 0.6 is 0 Å². The van der Waals surface area contributed by atoms with E-state index in [4.69, 9.17) is 18.9 Å². The molecular weight excluding hydrogens is 500 g/mol. The Morgan fingerprint density at radius 2 is 1.74 bits per heavy atom. The van der Waals surface area contributed by atoms with Gasteiger partial charge in [0.25, 0.3) is 5.91 Å². The Hall–Kier alpha value is -3.14. The zero-order chi connectivity index (χ0) is 26.8. The summed E-state index contributed by atoms with van der Waals surface area (Å²) < 4.78 is 16.6. The molecule has 1 saturated carbocycles. The van der Waals surface area contributed by atoms with E-state index in [1.807, 2.05) is 21.9 Å². The lowest BCUT2D eigenvalue weighted by atomic mass is 9.92. The Morgan fingerprint density at radius 3 is 2.41 bits per heavy atom.